The lowest BCUT2D eigenvalue weighted by Crippen LogP contribution is -2.60. The number of hydrogen-bond donors (Lipinski definition) is 1. The molecule has 1 aliphatic heterocycles. The zero-order valence-corrected chi connectivity index (χ0v) is 16.8. The lowest BCUT2D eigenvalue weighted by molar-refractivity contribution is -0.137. The summed E-state index contributed by atoms with van der Waals surface area (Å²) in [6.07, 6.45) is 3.27. The van der Waals surface area contributed by atoms with Crippen LogP contribution < -0.4 is 5.14 Å². The van der Waals surface area contributed by atoms with Crippen molar-refractivity contribution in [3.63, 3.8) is 0 Å². The fraction of sp³-hybridized carbons (Fsp3) is 0.389. The van der Waals surface area contributed by atoms with Crippen LogP contribution in [0, 0.1) is 5.82 Å². The van der Waals surface area contributed by atoms with E-state index in [1.165, 1.54) is 9.58 Å². The first-order chi connectivity index (χ1) is 13.6. The molecule has 1 aliphatic rings. The lowest BCUT2D eigenvalue weighted by Gasteiger charge is -2.45. The summed E-state index contributed by atoms with van der Waals surface area (Å²) in [5.74, 6) is -1.62. The third-order valence-electron chi connectivity index (χ3n) is 5.20. The number of carbonyl (C=O) groups excluding carboxylic acids is 2. The van der Waals surface area contributed by atoms with Crippen LogP contribution in [-0.2, 0) is 21.4 Å². The monoisotopic (exact) mass is 423 g/mol. The van der Waals surface area contributed by atoms with Crippen LogP contribution in [0.25, 0.3) is 0 Å². The lowest BCUT2D eigenvalue weighted by atomic mass is 10.0. The number of nitrogens with two attached hydrogens (primary N) is 1. The number of amides is 2. The molecule has 2 N–H and O–H groups in total. The molecule has 1 aromatic heterocycles. The molecular formula is C18H22FN5O4S. The number of aromatic nitrogens is 2. The Morgan fingerprint density at radius 2 is 1.86 bits per heavy atom. The molecule has 0 bridgehead atoms. The maximum atomic E-state index is 14.2. The minimum atomic E-state index is -4.07. The van der Waals surface area contributed by atoms with Crippen molar-refractivity contribution in [2.24, 2.45) is 5.14 Å². The standard InChI is InChI=1S/C18H22FN5O4S/c1-12-13(2)24(9-8-23(12)17(25)11-22-7-3-6-21-22)18(26)15-10-14(29(20,27)28)4-5-16(15)19/h3-7,10,12-13H,8-9,11H2,1-2H3,(H2,20,27,28)/t12-,13-/m1/s1. The minimum absolute atomic E-state index is 0.0863. The molecule has 0 spiro atoms. The van der Waals surface area contributed by atoms with Crippen molar-refractivity contribution >= 4 is 21.8 Å². The van der Waals surface area contributed by atoms with Crippen LogP contribution in [0.4, 0.5) is 4.39 Å². The molecule has 2 aromatic rings. The van der Waals surface area contributed by atoms with E-state index in [1.807, 2.05) is 6.92 Å². The number of carbonyl (C=O) groups is 2. The van der Waals surface area contributed by atoms with Gasteiger partial charge in [-0.1, -0.05) is 0 Å². The quantitative estimate of drug-likeness (QED) is 0.765. The Morgan fingerprint density at radius 1 is 1.21 bits per heavy atom. The number of halogens is 1. The van der Waals surface area contributed by atoms with Gasteiger partial charge in [0.25, 0.3) is 5.91 Å². The number of sulfonamides is 1. The average molecular weight is 423 g/mol. The van der Waals surface area contributed by atoms with Gasteiger partial charge < -0.3 is 9.80 Å². The molecule has 9 nitrogen and oxygen atoms in total. The molecule has 2 heterocycles. The van der Waals surface area contributed by atoms with E-state index in [0.717, 1.165) is 18.2 Å². The number of rotatable bonds is 4. The summed E-state index contributed by atoms with van der Waals surface area (Å²) in [6.45, 7) is 4.12. The first-order valence-electron chi connectivity index (χ1n) is 9.00. The number of piperazine rings is 1. The van der Waals surface area contributed by atoms with Gasteiger partial charge in [-0.15, -0.1) is 0 Å². The fourth-order valence-corrected chi connectivity index (χ4v) is 3.95. The minimum Gasteiger partial charge on any atom is -0.335 e. The van der Waals surface area contributed by atoms with Crippen LogP contribution in [0.3, 0.4) is 0 Å². The summed E-state index contributed by atoms with van der Waals surface area (Å²) < 4.78 is 38.8. The van der Waals surface area contributed by atoms with Crippen molar-refractivity contribution in [2.45, 2.75) is 37.4 Å². The van der Waals surface area contributed by atoms with E-state index in [4.69, 9.17) is 5.14 Å². The molecule has 29 heavy (non-hydrogen) atoms. The summed E-state index contributed by atoms with van der Waals surface area (Å²) in [7, 11) is -4.07. The molecule has 0 aliphatic carbocycles. The smallest absolute Gasteiger partial charge is 0.257 e. The average Bonchev–Trinajstić information content (AvgIpc) is 3.15. The van der Waals surface area contributed by atoms with E-state index in [2.05, 4.69) is 5.10 Å². The van der Waals surface area contributed by atoms with Crippen molar-refractivity contribution in [1.82, 2.24) is 19.6 Å². The molecule has 1 saturated heterocycles. The van der Waals surface area contributed by atoms with Crippen molar-refractivity contribution < 1.29 is 22.4 Å². The zero-order chi connectivity index (χ0) is 21.3. The van der Waals surface area contributed by atoms with Gasteiger partial charge in [-0.25, -0.2) is 17.9 Å². The second-order valence-corrected chi connectivity index (χ2v) is 8.52. The van der Waals surface area contributed by atoms with E-state index < -0.39 is 27.8 Å². The zero-order valence-electron chi connectivity index (χ0n) is 16.0. The largest absolute Gasteiger partial charge is 0.335 e. The Bertz CT molecular complexity index is 1020. The molecule has 11 heteroatoms. The van der Waals surface area contributed by atoms with Crippen molar-refractivity contribution in [3.8, 4) is 0 Å². The molecule has 2 amide bonds. The maximum absolute atomic E-state index is 14.2. The fourth-order valence-electron chi connectivity index (χ4n) is 3.41. The topological polar surface area (TPSA) is 119 Å². The van der Waals surface area contributed by atoms with E-state index in [1.54, 1.807) is 30.3 Å². The Labute approximate surface area is 167 Å². The molecule has 0 radical (unpaired) electrons. The van der Waals surface area contributed by atoms with Crippen LogP contribution in [-0.4, -0.2) is 65.0 Å². The van der Waals surface area contributed by atoms with Gasteiger partial charge in [0.1, 0.15) is 12.4 Å². The molecule has 3 rings (SSSR count). The molecule has 0 saturated carbocycles. The third kappa shape index (κ3) is 4.30. The van der Waals surface area contributed by atoms with Crippen LogP contribution in [0.1, 0.15) is 24.2 Å². The SMILES string of the molecule is C[C@@H]1[C@@H](C)N(C(=O)c2cc(S(N)(=O)=O)ccc2F)CCN1C(=O)Cn1cccn1. The van der Waals surface area contributed by atoms with Crippen molar-refractivity contribution in [1.29, 1.82) is 0 Å². The van der Waals surface area contributed by atoms with Crippen LogP contribution in [0.2, 0.25) is 0 Å². The van der Waals surface area contributed by atoms with Crippen LogP contribution in [0.15, 0.2) is 41.6 Å². The summed E-state index contributed by atoms with van der Waals surface area (Å²) in [5.41, 5.74) is -0.369. The molecular weight excluding hydrogens is 401 g/mol. The Morgan fingerprint density at radius 3 is 2.48 bits per heavy atom. The Balaban J connectivity index is 1.78. The normalized spacial score (nSPS) is 20.0. The van der Waals surface area contributed by atoms with Gasteiger partial charge in [0.15, 0.2) is 0 Å². The van der Waals surface area contributed by atoms with Gasteiger partial charge in [0, 0.05) is 37.6 Å². The van der Waals surface area contributed by atoms with Crippen molar-refractivity contribution in [2.75, 3.05) is 13.1 Å². The highest BCUT2D eigenvalue weighted by Crippen LogP contribution is 2.22. The Kier molecular flexibility index (Phi) is 5.71. The molecule has 0 unspecified atom stereocenters. The highest BCUT2D eigenvalue weighted by molar-refractivity contribution is 7.89. The first-order valence-corrected chi connectivity index (χ1v) is 10.5. The predicted molar refractivity (Wildman–Crippen MR) is 102 cm³/mol. The van der Waals surface area contributed by atoms with Gasteiger partial charge in [-0.2, -0.15) is 5.10 Å². The van der Waals surface area contributed by atoms with Crippen LogP contribution >= 0.6 is 0 Å². The summed E-state index contributed by atoms with van der Waals surface area (Å²) in [6, 6.07) is 3.86. The molecule has 2 atom stereocenters. The summed E-state index contributed by atoms with van der Waals surface area (Å²) in [4.78, 5) is 28.3. The summed E-state index contributed by atoms with van der Waals surface area (Å²) >= 11 is 0. The van der Waals surface area contributed by atoms with Gasteiger partial charge in [-0.3, -0.25) is 14.3 Å². The van der Waals surface area contributed by atoms with Gasteiger partial charge >= 0.3 is 0 Å². The van der Waals surface area contributed by atoms with Gasteiger partial charge in [0.05, 0.1) is 10.5 Å². The van der Waals surface area contributed by atoms with E-state index in [9.17, 15) is 22.4 Å². The van der Waals surface area contributed by atoms with Gasteiger partial charge in [0.2, 0.25) is 15.9 Å². The van der Waals surface area contributed by atoms with E-state index in [0.29, 0.717) is 0 Å². The van der Waals surface area contributed by atoms with Crippen LogP contribution in [0.5, 0.6) is 0 Å². The first kappa shape index (κ1) is 20.9. The number of nitrogens with zero attached hydrogens (tertiary/aromatic N) is 4. The second kappa shape index (κ2) is 7.91. The predicted octanol–water partition coefficient (Wildman–Crippen LogP) is 0.431. The number of primary sulfonamides is 1. The molecule has 156 valence electrons. The second-order valence-electron chi connectivity index (χ2n) is 6.96. The Hall–Kier alpha value is -2.79. The van der Waals surface area contributed by atoms with Gasteiger partial charge in [-0.05, 0) is 38.1 Å². The number of benzene rings is 1. The number of hydrogen-bond acceptors (Lipinski definition) is 5. The highest BCUT2D eigenvalue weighted by Gasteiger charge is 2.36. The third-order valence-corrected chi connectivity index (χ3v) is 6.11. The molecule has 1 aromatic carbocycles. The van der Waals surface area contributed by atoms with E-state index in [-0.39, 0.29) is 42.0 Å². The summed E-state index contributed by atoms with van der Waals surface area (Å²) in [5, 5.41) is 9.10. The highest BCUT2D eigenvalue weighted by atomic mass is 32.2. The molecule has 1 fully saturated rings. The maximum Gasteiger partial charge on any atom is 0.257 e. The van der Waals surface area contributed by atoms with Crippen molar-refractivity contribution in [3.05, 3.63) is 48.0 Å². The van der Waals surface area contributed by atoms with E-state index >= 15 is 0 Å².